The molecule has 1 aromatic heterocycles. The highest BCUT2D eigenvalue weighted by atomic mass is 79.9. The highest BCUT2D eigenvalue weighted by molar-refractivity contribution is 9.10. The van der Waals surface area contributed by atoms with Crippen LogP contribution in [0.3, 0.4) is 0 Å². The van der Waals surface area contributed by atoms with Crippen molar-refractivity contribution in [3.8, 4) is 0 Å². The van der Waals surface area contributed by atoms with Crippen LogP contribution in [0.25, 0.3) is 0 Å². The summed E-state index contributed by atoms with van der Waals surface area (Å²) in [6, 6.07) is 3.00. The standard InChI is InChI=1S/C15H16BrFN4O3/c1-8(7-20-10(3)14(16)9(2)19-20)15(22)18-13-6-11(21(23)24)4-5-12(13)17/h4-6,8H,7H2,1-3H3,(H,18,22)/t8-/m0/s1. The Morgan fingerprint density at radius 3 is 2.71 bits per heavy atom. The molecule has 0 saturated carbocycles. The van der Waals surface area contributed by atoms with Crippen molar-refractivity contribution in [2.75, 3.05) is 5.32 Å². The van der Waals surface area contributed by atoms with Crippen molar-refractivity contribution in [3.05, 3.63) is 50.0 Å². The van der Waals surface area contributed by atoms with E-state index in [9.17, 15) is 19.3 Å². The zero-order chi connectivity index (χ0) is 18.0. The third kappa shape index (κ3) is 3.78. The van der Waals surface area contributed by atoms with Crippen LogP contribution in [-0.2, 0) is 11.3 Å². The largest absolute Gasteiger partial charge is 0.323 e. The van der Waals surface area contributed by atoms with Crippen molar-refractivity contribution in [2.24, 2.45) is 5.92 Å². The van der Waals surface area contributed by atoms with Crippen LogP contribution in [0.15, 0.2) is 22.7 Å². The van der Waals surface area contributed by atoms with Crippen LogP contribution in [0.4, 0.5) is 15.8 Å². The number of nitrogens with zero attached hydrogens (tertiary/aromatic N) is 3. The predicted molar refractivity (Wildman–Crippen MR) is 90.2 cm³/mol. The molecule has 0 saturated heterocycles. The molecule has 2 aromatic rings. The molecule has 2 rings (SSSR count). The molecule has 24 heavy (non-hydrogen) atoms. The first-order valence-electron chi connectivity index (χ1n) is 7.15. The van der Waals surface area contributed by atoms with Crippen LogP contribution in [-0.4, -0.2) is 20.6 Å². The van der Waals surface area contributed by atoms with Gasteiger partial charge in [0.05, 0.1) is 33.2 Å². The topological polar surface area (TPSA) is 90.1 Å². The second-order valence-corrected chi connectivity index (χ2v) is 6.27. The summed E-state index contributed by atoms with van der Waals surface area (Å²) < 4.78 is 16.3. The average Bonchev–Trinajstić information content (AvgIpc) is 2.76. The van der Waals surface area contributed by atoms with E-state index in [2.05, 4.69) is 26.3 Å². The van der Waals surface area contributed by atoms with Gasteiger partial charge < -0.3 is 5.32 Å². The molecule has 1 heterocycles. The summed E-state index contributed by atoms with van der Waals surface area (Å²) in [6.45, 7) is 5.70. The summed E-state index contributed by atoms with van der Waals surface area (Å²) in [5, 5.41) is 17.5. The van der Waals surface area contributed by atoms with Gasteiger partial charge in [0.15, 0.2) is 0 Å². The summed E-state index contributed by atoms with van der Waals surface area (Å²) in [5.74, 6) is -1.68. The minimum absolute atomic E-state index is 0.212. The van der Waals surface area contributed by atoms with Gasteiger partial charge in [0, 0.05) is 17.8 Å². The quantitative estimate of drug-likeness (QED) is 0.615. The maximum atomic E-state index is 13.7. The number of halogens is 2. The van der Waals surface area contributed by atoms with Crippen molar-refractivity contribution in [3.63, 3.8) is 0 Å². The number of hydrogen-bond acceptors (Lipinski definition) is 4. The molecule has 1 amide bonds. The van der Waals surface area contributed by atoms with E-state index >= 15 is 0 Å². The lowest BCUT2D eigenvalue weighted by Crippen LogP contribution is -2.25. The molecule has 1 N–H and O–H groups in total. The Kier molecular flexibility index (Phi) is 5.33. The Labute approximate surface area is 146 Å². The molecule has 0 fully saturated rings. The Morgan fingerprint density at radius 1 is 1.50 bits per heavy atom. The van der Waals surface area contributed by atoms with E-state index in [0.717, 1.165) is 34.1 Å². The van der Waals surface area contributed by atoms with E-state index in [-0.39, 0.29) is 11.4 Å². The zero-order valence-electron chi connectivity index (χ0n) is 13.3. The van der Waals surface area contributed by atoms with E-state index < -0.39 is 22.6 Å². The predicted octanol–water partition coefficient (Wildman–Crippen LogP) is 3.58. The summed E-state index contributed by atoms with van der Waals surface area (Å²) in [4.78, 5) is 22.4. The first kappa shape index (κ1) is 18.1. The van der Waals surface area contributed by atoms with Crippen LogP contribution >= 0.6 is 15.9 Å². The number of carbonyl (C=O) groups excluding carboxylic acids is 1. The molecule has 1 aromatic carbocycles. The molecule has 7 nitrogen and oxygen atoms in total. The molecular weight excluding hydrogens is 383 g/mol. The summed E-state index contributed by atoms with van der Waals surface area (Å²) in [5.41, 5.74) is 1.19. The van der Waals surface area contributed by atoms with Crippen LogP contribution in [0.1, 0.15) is 18.3 Å². The van der Waals surface area contributed by atoms with Crippen molar-refractivity contribution >= 4 is 33.2 Å². The number of benzene rings is 1. The fourth-order valence-corrected chi connectivity index (χ4v) is 2.46. The van der Waals surface area contributed by atoms with E-state index in [0.29, 0.717) is 6.54 Å². The lowest BCUT2D eigenvalue weighted by molar-refractivity contribution is -0.384. The normalized spacial score (nSPS) is 12.0. The maximum Gasteiger partial charge on any atom is 0.271 e. The third-order valence-electron chi connectivity index (χ3n) is 3.61. The fraction of sp³-hybridized carbons (Fsp3) is 0.333. The van der Waals surface area contributed by atoms with E-state index in [1.54, 1.807) is 11.6 Å². The van der Waals surface area contributed by atoms with Crippen LogP contribution in [0, 0.1) is 35.7 Å². The molecular formula is C15H16BrFN4O3. The van der Waals surface area contributed by atoms with Crippen molar-refractivity contribution in [2.45, 2.75) is 27.3 Å². The van der Waals surface area contributed by atoms with Gasteiger partial charge in [-0.15, -0.1) is 0 Å². The van der Waals surface area contributed by atoms with Gasteiger partial charge in [-0.25, -0.2) is 4.39 Å². The number of aryl methyl sites for hydroxylation is 1. The molecule has 0 aliphatic carbocycles. The number of anilines is 1. The number of non-ortho nitro benzene ring substituents is 1. The molecule has 0 bridgehead atoms. The molecule has 0 aliphatic heterocycles. The summed E-state index contributed by atoms with van der Waals surface area (Å²) in [7, 11) is 0. The zero-order valence-corrected chi connectivity index (χ0v) is 14.9. The van der Waals surface area contributed by atoms with Crippen molar-refractivity contribution in [1.29, 1.82) is 0 Å². The highest BCUT2D eigenvalue weighted by Gasteiger charge is 2.19. The maximum absolute atomic E-state index is 13.7. The smallest absolute Gasteiger partial charge is 0.271 e. The number of carbonyl (C=O) groups is 1. The number of nitro groups is 1. The summed E-state index contributed by atoms with van der Waals surface area (Å²) >= 11 is 3.41. The summed E-state index contributed by atoms with van der Waals surface area (Å²) in [6.07, 6.45) is 0. The molecule has 0 radical (unpaired) electrons. The molecule has 1 atom stereocenters. The number of amides is 1. The van der Waals surface area contributed by atoms with E-state index in [1.807, 2.05) is 13.8 Å². The fourth-order valence-electron chi connectivity index (χ4n) is 2.17. The van der Waals surface area contributed by atoms with E-state index in [1.165, 1.54) is 0 Å². The van der Waals surface area contributed by atoms with Crippen LogP contribution in [0.5, 0.6) is 0 Å². The second-order valence-electron chi connectivity index (χ2n) is 5.48. The van der Waals surface area contributed by atoms with Gasteiger partial charge in [-0.2, -0.15) is 5.10 Å². The number of nitro benzene ring substituents is 1. The lowest BCUT2D eigenvalue weighted by atomic mass is 10.1. The van der Waals surface area contributed by atoms with Gasteiger partial charge in [0.25, 0.3) is 5.69 Å². The second kappa shape index (κ2) is 7.08. The number of rotatable bonds is 5. The lowest BCUT2D eigenvalue weighted by Gasteiger charge is -2.14. The minimum Gasteiger partial charge on any atom is -0.323 e. The van der Waals surface area contributed by atoms with Gasteiger partial charge in [-0.3, -0.25) is 19.6 Å². The Bertz CT molecular complexity index is 806. The number of aromatic nitrogens is 2. The van der Waals surface area contributed by atoms with Gasteiger partial charge in [-0.05, 0) is 35.8 Å². The van der Waals surface area contributed by atoms with Crippen LogP contribution in [0.2, 0.25) is 0 Å². The Hall–Kier alpha value is -2.29. The number of nitrogens with one attached hydrogen (secondary N) is 1. The first-order chi connectivity index (χ1) is 11.2. The molecule has 0 spiro atoms. The van der Waals surface area contributed by atoms with Crippen molar-refractivity contribution < 1.29 is 14.1 Å². The van der Waals surface area contributed by atoms with Gasteiger partial charge in [0.2, 0.25) is 5.91 Å². The molecule has 0 aliphatic rings. The average molecular weight is 399 g/mol. The number of hydrogen-bond donors (Lipinski definition) is 1. The molecule has 0 unspecified atom stereocenters. The molecule has 9 heteroatoms. The van der Waals surface area contributed by atoms with Gasteiger partial charge in [0.1, 0.15) is 5.82 Å². The first-order valence-corrected chi connectivity index (χ1v) is 7.94. The van der Waals surface area contributed by atoms with Crippen molar-refractivity contribution in [1.82, 2.24) is 9.78 Å². The van der Waals surface area contributed by atoms with E-state index in [4.69, 9.17) is 0 Å². The molecule has 128 valence electrons. The van der Waals surface area contributed by atoms with Gasteiger partial charge in [-0.1, -0.05) is 6.92 Å². The monoisotopic (exact) mass is 398 g/mol. The third-order valence-corrected chi connectivity index (χ3v) is 4.75. The Balaban J connectivity index is 2.13. The van der Waals surface area contributed by atoms with Gasteiger partial charge >= 0.3 is 0 Å². The van der Waals surface area contributed by atoms with Crippen LogP contribution < -0.4 is 5.32 Å². The minimum atomic E-state index is -0.727. The Morgan fingerprint density at radius 2 is 2.17 bits per heavy atom. The highest BCUT2D eigenvalue weighted by Crippen LogP contribution is 2.23. The SMILES string of the molecule is Cc1nn(C[C@H](C)C(=O)Nc2cc([N+](=O)[O-])ccc2F)c(C)c1Br.